The highest BCUT2D eigenvalue weighted by molar-refractivity contribution is 7.19. The first-order valence-electron chi connectivity index (χ1n) is 6.95. The van der Waals surface area contributed by atoms with Crippen molar-refractivity contribution >= 4 is 39.1 Å². The van der Waals surface area contributed by atoms with Gasteiger partial charge in [-0.15, -0.1) is 11.3 Å². The lowest BCUT2D eigenvalue weighted by Crippen LogP contribution is -2.09. The van der Waals surface area contributed by atoms with Crippen molar-refractivity contribution in [2.24, 2.45) is 5.92 Å². The fourth-order valence-corrected chi connectivity index (χ4v) is 4.49. The minimum absolute atomic E-state index is 0.558. The molecule has 2 aliphatic rings. The molecule has 5 heteroatoms. The first kappa shape index (κ1) is 11.9. The van der Waals surface area contributed by atoms with Gasteiger partial charge in [-0.25, -0.2) is 9.97 Å². The Balaban J connectivity index is 1.82. The van der Waals surface area contributed by atoms with E-state index >= 15 is 0 Å². The van der Waals surface area contributed by atoms with Crippen molar-refractivity contribution in [1.82, 2.24) is 9.97 Å². The molecule has 0 aromatic carbocycles. The number of thiophene rings is 1. The fourth-order valence-electron chi connectivity index (χ4n) is 2.77. The summed E-state index contributed by atoms with van der Waals surface area (Å²) in [7, 11) is 0. The van der Waals surface area contributed by atoms with E-state index in [4.69, 9.17) is 11.6 Å². The summed E-state index contributed by atoms with van der Waals surface area (Å²) in [5.41, 5.74) is 1.40. The van der Waals surface area contributed by atoms with Crippen LogP contribution in [-0.4, -0.2) is 16.0 Å². The van der Waals surface area contributed by atoms with E-state index in [0.717, 1.165) is 29.0 Å². The van der Waals surface area contributed by atoms with E-state index in [1.807, 2.05) is 0 Å². The molecule has 0 aliphatic heterocycles. The molecule has 1 unspecified atom stereocenters. The molecule has 0 saturated heterocycles. The molecule has 0 bridgehead atoms. The van der Waals surface area contributed by atoms with Gasteiger partial charge >= 0.3 is 0 Å². The molecule has 2 aliphatic carbocycles. The van der Waals surface area contributed by atoms with E-state index in [1.54, 1.807) is 11.3 Å². The average Bonchev–Trinajstić information content (AvgIpc) is 3.07. The van der Waals surface area contributed by atoms with E-state index in [0.29, 0.717) is 17.1 Å². The van der Waals surface area contributed by atoms with Gasteiger partial charge in [0, 0.05) is 10.9 Å². The zero-order valence-corrected chi connectivity index (χ0v) is 12.4. The van der Waals surface area contributed by atoms with E-state index in [-0.39, 0.29) is 0 Å². The summed E-state index contributed by atoms with van der Waals surface area (Å²) in [5.74, 6) is 1.48. The molecule has 2 aromatic rings. The minimum atomic E-state index is 0.558. The number of rotatable bonds is 2. The van der Waals surface area contributed by atoms with Crippen LogP contribution in [0.25, 0.3) is 10.2 Å². The van der Waals surface area contributed by atoms with Gasteiger partial charge in [-0.2, -0.15) is 0 Å². The molecule has 1 atom stereocenters. The Morgan fingerprint density at radius 3 is 2.89 bits per heavy atom. The van der Waals surface area contributed by atoms with Gasteiger partial charge in [0.25, 0.3) is 0 Å². The standard InChI is InChI=1S/C14H16ClN3S/c1-7-2-5-9-10(6-7)19-13-11(9)12(15)17-14(18-13)16-8-3-4-8/h7-8H,2-6H2,1H3,(H,16,17,18). The fraction of sp³-hybridized carbons (Fsp3) is 0.571. The lowest BCUT2D eigenvalue weighted by molar-refractivity contribution is 0.509. The van der Waals surface area contributed by atoms with Gasteiger partial charge in [0.05, 0.1) is 5.39 Å². The molecule has 0 spiro atoms. The second-order valence-corrected chi connectivity index (χ2v) is 7.23. The molecule has 100 valence electrons. The number of hydrogen-bond donors (Lipinski definition) is 1. The number of fused-ring (bicyclic) bond motifs is 3. The predicted molar refractivity (Wildman–Crippen MR) is 80.3 cm³/mol. The van der Waals surface area contributed by atoms with Crippen molar-refractivity contribution in [2.45, 2.75) is 45.1 Å². The maximum absolute atomic E-state index is 6.40. The van der Waals surface area contributed by atoms with Crippen LogP contribution in [0, 0.1) is 5.92 Å². The first-order chi connectivity index (χ1) is 9.20. The Hall–Kier alpha value is -0.870. The first-order valence-corrected chi connectivity index (χ1v) is 8.14. The summed E-state index contributed by atoms with van der Waals surface area (Å²) >= 11 is 8.20. The van der Waals surface area contributed by atoms with E-state index in [9.17, 15) is 0 Å². The number of nitrogens with one attached hydrogen (secondary N) is 1. The molecule has 4 rings (SSSR count). The molecule has 2 heterocycles. The van der Waals surface area contributed by atoms with Crippen LogP contribution >= 0.6 is 22.9 Å². The predicted octanol–water partition coefficient (Wildman–Crippen LogP) is 4.04. The zero-order chi connectivity index (χ0) is 13.0. The molecule has 0 radical (unpaired) electrons. The van der Waals surface area contributed by atoms with Gasteiger partial charge < -0.3 is 5.32 Å². The zero-order valence-electron chi connectivity index (χ0n) is 10.9. The quantitative estimate of drug-likeness (QED) is 0.849. The molecule has 1 saturated carbocycles. The summed E-state index contributed by atoms with van der Waals surface area (Å²) in [6.07, 6.45) is 5.97. The van der Waals surface area contributed by atoms with Crippen molar-refractivity contribution < 1.29 is 0 Å². The van der Waals surface area contributed by atoms with Gasteiger partial charge in [-0.1, -0.05) is 18.5 Å². The maximum Gasteiger partial charge on any atom is 0.225 e. The third-order valence-corrected chi connectivity index (χ3v) is 5.44. The maximum atomic E-state index is 6.40. The topological polar surface area (TPSA) is 37.8 Å². The highest BCUT2D eigenvalue weighted by atomic mass is 35.5. The molecule has 2 aromatic heterocycles. The highest BCUT2D eigenvalue weighted by Crippen LogP contribution is 2.40. The van der Waals surface area contributed by atoms with Crippen LogP contribution in [0.15, 0.2) is 0 Å². The van der Waals surface area contributed by atoms with Gasteiger partial charge in [0.2, 0.25) is 5.95 Å². The Bertz CT molecular complexity index is 648. The Labute approximate surface area is 121 Å². The molecule has 1 N–H and O–H groups in total. The summed E-state index contributed by atoms with van der Waals surface area (Å²) in [6, 6.07) is 0.558. The number of anilines is 1. The summed E-state index contributed by atoms with van der Waals surface area (Å²) < 4.78 is 0. The Kier molecular flexibility index (Phi) is 2.71. The van der Waals surface area contributed by atoms with Crippen LogP contribution in [-0.2, 0) is 12.8 Å². The summed E-state index contributed by atoms with van der Waals surface area (Å²) in [5, 5.41) is 5.07. The van der Waals surface area contributed by atoms with Gasteiger partial charge in [0.1, 0.15) is 9.98 Å². The van der Waals surface area contributed by atoms with Crippen LogP contribution < -0.4 is 5.32 Å². The third kappa shape index (κ3) is 2.11. The lowest BCUT2D eigenvalue weighted by Gasteiger charge is -2.17. The average molecular weight is 294 g/mol. The van der Waals surface area contributed by atoms with E-state index in [1.165, 1.54) is 29.7 Å². The Morgan fingerprint density at radius 2 is 2.11 bits per heavy atom. The SMILES string of the molecule is CC1CCc2c(sc3nc(NC4CC4)nc(Cl)c23)C1. The molecule has 19 heavy (non-hydrogen) atoms. The van der Waals surface area contributed by atoms with Crippen molar-refractivity contribution in [1.29, 1.82) is 0 Å². The van der Waals surface area contributed by atoms with Crippen LogP contribution in [0.3, 0.4) is 0 Å². The largest absolute Gasteiger partial charge is 0.351 e. The number of aromatic nitrogens is 2. The van der Waals surface area contributed by atoms with Crippen molar-refractivity contribution in [3.05, 3.63) is 15.6 Å². The summed E-state index contributed by atoms with van der Waals surface area (Å²) in [4.78, 5) is 11.6. The second-order valence-electron chi connectivity index (χ2n) is 5.79. The van der Waals surface area contributed by atoms with E-state index in [2.05, 4.69) is 22.2 Å². The van der Waals surface area contributed by atoms with Crippen LogP contribution in [0.5, 0.6) is 0 Å². The van der Waals surface area contributed by atoms with Crippen molar-refractivity contribution in [3.63, 3.8) is 0 Å². The van der Waals surface area contributed by atoms with Crippen LogP contribution in [0.2, 0.25) is 5.15 Å². The number of halogens is 1. The van der Waals surface area contributed by atoms with Crippen molar-refractivity contribution in [2.75, 3.05) is 5.32 Å². The van der Waals surface area contributed by atoms with E-state index < -0.39 is 0 Å². The monoisotopic (exact) mass is 293 g/mol. The smallest absolute Gasteiger partial charge is 0.225 e. The lowest BCUT2D eigenvalue weighted by atomic mass is 9.89. The van der Waals surface area contributed by atoms with Gasteiger partial charge in [-0.3, -0.25) is 0 Å². The molecular formula is C14H16ClN3S. The minimum Gasteiger partial charge on any atom is -0.351 e. The Morgan fingerprint density at radius 1 is 1.26 bits per heavy atom. The van der Waals surface area contributed by atoms with Crippen LogP contribution in [0.1, 0.15) is 36.6 Å². The van der Waals surface area contributed by atoms with Gasteiger partial charge in [0.15, 0.2) is 0 Å². The van der Waals surface area contributed by atoms with Gasteiger partial charge in [-0.05, 0) is 43.6 Å². The van der Waals surface area contributed by atoms with Crippen molar-refractivity contribution in [3.8, 4) is 0 Å². The number of hydrogen-bond acceptors (Lipinski definition) is 4. The second kappa shape index (κ2) is 4.32. The molecule has 1 fully saturated rings. The molecule has 0 amide bonds. The molecule has 3 nitrogen and oxygen atoms in total. The summed E-state index contributed by atoms with van der Waals surface area (Å²) in [6.45, 7) is 2.32. The highest BCUT2D eigenvalue weighted by Gasteiger charge is 2.25. The third-order valence-electron chi connectivity index (χ3n) is 4.02. The normalized spacial score (nSPS) is 22.5. The number of nitrogens with zero attached hydrogens (tertiary/aromatic N) is 2. The van der Waals surface area contributed by atoms with Crippen LogP contribution in [0.4, 0.5) is 5.95 Å². The number of aryl methyl sites for hydroxylation is 1. The molecular weight excluding hydrogens is 278 g/mol.